The summed E-state index contributed by atoms with van der Waals surface area (Å²) in [5, 5.41) is 8.70. The minimum atomic E-state index is 1.00. The Balaban J connectivity index is 1.85. The molecular formula is C23H28N4. The van der Waals surface area contributed by atoms with Gasteiger partial charge in [0.1, 0.15) is 5.82 Å². The topological polar surface area (TPSA) is 33.1 Å². The predicted molar refractivity (Wildman–Crippen MR) is 114 cm³/mol. The van der Waals surface area contributed by atoms with E-state index in [1.54, 1.807) is 0 Å². The average molecular weight is 361 g/mol. The predicted octanol–water partition coefficient (Wildman–Crippen LogP) is 4.92. The van der Waals surface area contributed by atoms with Crippen molar-refractivity contribution in [2.45, 2.75) is 32.6 Å². The van der Waals surface area contributed by atoms with E-state index in [1.165, 1.54) is 35.2 Å². The van der Waals surface area contributed by atoms with Gasteiger partial charge in [0.2, 0.25) is 0 Å². The molecule has 1 N–H and O–H groups in total. The lowest BCUT2D eigenvalue weighted by molar-refractivity contribution is 0.780. The summed E-state index contributed by atoms with van der Waals surface area (Å²) in [7, 11) is 4.16. The van der Waals surface area contributed by atoms with E-state index in [2.05, 4.69) is 84.4 Å². The summed E-state index contributed by atoms with van der Waals surface area (Å²) in [6.07, 6.45) is 4.51. The van der Waals surface area contributed by atoms with Gasteiger partial charge in [-0.1, -0.05) is 31.2 Å². The third-order valence-electron chi connectivity index (χ3n) is 5.35. The van der Waals surface area contributed by atoms with Crippen LogP contribution in [-0.4, -0.2) is 30.4 Å². The number of nitrogens with zero attached hydrogens (tertiary/aromatic N) is 3. The van der Waals surface area contributed by atoms with Crippen molar-refractivity contribution < 1.29 is 0 Å². The molecular weight excluding hydrogens is 332 g/mol. The van der Waals surface area contributed by atoms with Crippen LogP contribution in [0.5, 0.6) is 0 Å². The van der Waals surface area contributed by atoms with Gasteiger partial charge in [-0.15, -0.1) is 0 Å². The molecule has 0 bridgehead atoms. The molecule has 0 atom stereocenters. The highest BCUT2D eigenvalue weighted by atomic mass is 15.3. The first-order valence-corrected chi connectivity index (χ1v) is 9.90. The van der Waals surface area contributed by atoms with Crippen LogP contribution in [0.4, 0.5) is 11.5 Å². The third kappa shape index (κ3) is 3.44. The Morgan fingerprint density at radius 1 is 1.07 bits per heavy atom. The number of rotatable bonds is 4. The van der Waals surface area contributed by atoms with Crippen LogP contribution in [-0.2, 0) is 12.8 Å². The number of benzene rings is 2. The molecule has 1 aromatic heterocycles. The molecule has 140 valence electrons. The van der Waals surface area contributed by atoms with E-state index in [1.807, 2.05) is 0 Å². The molecule has 0 spiro atoms. The monoisotopic (exact) mass is 360 g/mol. The highest BCUT2D eigenvalue weighted by molar-refractivity contribution is 5.74. The van der Waals surface area contributed by atoms with E-state index in [-0.39, 0.29) is 0 Å². The highest BCUT2D eigenvalue weighted by Gasteiger charge is 2.21. The van der Waals surface area contributed by atoms with Gasteiger partial charge in [0.05, 0.1) is 11.4 Å². The van der Waals surface area contributed by atoms with Gasteiger partial charge in [0.25, 0.3) is 0 Å². The molecule has 0 saturated carbocycles. The zero-order chi connectivity index (χ0) is 18.8. The Kier molecular flexibility index (Phi) is 4.88. The van der Waals surface area contributed by atoms with Crippen molar-refractivity contribution >= 4 is 11.5 Å². The summed E-state index contributed by atoms with van der Waals surface area (Å²) >= 11 is 0. The molecule has 4 rings (SSSR count). The molecule has 0 amide bonds. The SMILES string of the molecule is CCc1ccc(-n2nc(-c3cccc(N(C)C)c3)c3c2NCCCC3)cc1. The first-order valence-electron chi connectivity index (χ1n) is 9.90. The number of aryl methyl sites for hydroxylation is 1. The molecule has 4 heteroatoms. The van der Waals surface area contributed by atoms with Crippen LogP contribution in [0, 0.1) is 0 Å². The highest BCUT2D eigenvalue weighted by Crippen LogP contribution is 2.35. The molecule has 0 unspecified atom stereocenters. The van der Waals surface area contributed by atoms with Crippen LogP contribution in [0.25, 0.3) is 16.9 Å². The van der Waals surface area contributed by atoms with Crippen LogP contribution in [0.15, 0.2) is 48.5 Å². The second-order valence-electron chi connectivity index (χ2n) is 7.44. The quantitative estimate of drug-likeness (QED) is 0.717. The fourth-order valence-corrected chi connectivity index (χ4v) is 3.73. The van der Waals surface area contributed by atoms with E-state index in [0.29, 0.717) is 0 Å². The standard InChI is InChI=1S/C23H28N4/c1-4-17-11-13-19(14-12-17)27-23-21(10-5-6-15-24-23)22(25-27)18-8-7-9-20(16-18)26(2)3/h7-9,11-14,16,24H,4-6,10,15H2,1-3H3. The second kappa shape index (κ2) is 7.47. The molecule has 2 heterocycles. The van der Waals surface area contributed by atoms with E-state index >= 15 is 0 Å². The van der Waals surface area contributed by atoms with E-state index in [4.69, 9.17) is 5.10 Å². The first-order chi connectivity index (χ1) is 13.2. The Bertz CT molecular complexity index is 922. The summed E-state index contributed by atoms with van der Waals surface area (Å²) in [5.41, 5.74) is 7.29. The second-order valence-corrected chi connectivity index (χ2v) is 7.44. The molecule has 1 aliphatic heterocycles. The van der Waals surface area contributed by atoms with Crippen molar-refractivity contribution in [2.24, 2.45) is 0 Å². The van der Waals surface area contributed by atoms with Crippen molar-refractivity contribution in [1.82, 2.24) is 9.78 Å². The van der Waals surface area contributed by atoms with Gasteiger partial charge in [-0.2, -0.15) is 5.10 Å². The molecule has 3 aromatic rings. The smallest absolute Gasteiger partial charge is 0.133 e. The van der Waals surface area contributed by atoms with Crippen LogP contribution in [0.2, 0.25) is 0 Å². The number of nitrogens with one attached hydrogen (secondary N) is 1. The first kappa shape index (κ1) is 17.7. The summed E-state index contributed by atoms with van der Waals surface area (Å²) < 4.78 is 2.09. The molecule has 0 aliphatic carbocycles. The summed E-state index contributed by atoms with van der Waals surface area (Å²) in [6, 6.07) is 17.4. The summed E-state index contributed by atoms with van der Waals surface area (Å²) in [4.78, 5) is 2.14. The molecule has 4 nitrogen and oxygen atoms in total. The minimum absolute atomic E-state index is 1.00. The van der Waals surface area contributed by atoms with Gasteiger partial charge in [0, 0.05) is 37.5 Å². The van der Waals surface area contributed by atoms with E-state index < -0.39 is 0 Å². The van der Waals surface area contributed by atoms with Crippen molar-refractivity contribution in [3.8, 4) is 16.9 Å². The van der Waals surface area contributed by atoms with Gasteiger partial charge in [-0.3, -0.25) is 0 Å². The van der Waals surface area contributed by atoms with E-state index in [0.717, 1.165) is 36.6 Å². The molecule has 27 heavy (non-hydrogen) atoms. The average Bonchev–Trinajstić information content (AvgIpc) is 2.89. The molecule has 1 aliphatic rings. The van der Waals surface area contributed by atoms with Gasteiger partial charge in [-0.25, -0.2) is 4.68 Å². The number of aromatic nitrogens is 2. The lowest BCUT2D eigenvalue weighted by Gasteiger charge is -2.13. The maximum absolute atomic E-state index is 5.07. The maximum Gasteiger partial charge on any atom is 0.133 e. The summed E-state index contributed by atoms with van der Waals surface area (Å²) in [6.45, 7) is 3.19. The van der Waals surface area contributed by atoms with Crippen LogP contribution in [0.1, 0.15) is 30.9 Å². The zero-order valence-electron chi connectivity index (χ0n) is 16.5. The Morgan fingerprint density at radius 2 is 1.89 bits per heavy atom. The van der Waals surface area contributed by atoms with Crippen LogP contribution in [0.3, 0.4) is 0 Å². The van der Waals surface area contributed by atoms with E-state index in [9.17, 15) is 0 Å². The number of hydrogen-bond donors (Lipinski definition) is 1. The summed E-state index contributed by atoms with van der Waals surface area (Å²) in [5.74, 6) is 1.15. The van der Waals surface area contributed by atoms with Crippen molar-refractivity contribution in [1.29, 1.82) is 0 Å². The number of fused-ring (bicyclic) bond motifs is 1. The normalized spacial score (nSPS) is 13.6. The van der Waals surface area contributed by atoms with Crippen molar-refractivity contribution in [3.63, 3.8) is 0 Å². The molecule has 0 radical (unpaired) electrons. The van der Waals surface area contributed by atoms with Gasteiger partial charge in [-0.05, 0) is 55.5 Å². The number of anilines is 2. The lowest BCUT2D eigenvalue weighted by atomic mass is 10.0. The van der Waals surface area contributed by atoms with Gasteiger partial charge < -0.3 is 10.2 Å². The Hall–Kier alpha value is -2.75. The maximum atomic E-state index is 5.07. The minimum Gasteiger partial charge on any atom is -0.378 e. The van der Waals surface area contributed by atoms with Gasteiger partial charge in [0.15, 0.2) is 0 Å². The molecule has 2 aromatic carbocycles. The van der Waals surface area contributed by atoms with Crippen LogP contribution < -0.4 is 10.2 Å². The van der Waals surface area contributed by atoms with Crippen LogP contribution >= 0.6 is 0 Å². The Labute approximate surface area is 161 Å². The number of hydrogen-bond acceptors (Lipinski definition) is 3. The fourth-order valence-electron chi connectivity index (χ4n) is 3.73. The molecule has 0 fully saturated rings. The fraction of sp³-hybridized carbons (Fsp3) is 0.348. The Morgan fingerprint density at radius 3 is 2.63 bits per heavy atom. The van der Waals surface area contributed by atoms with Crippen molar-refractivity contribution in [2.75, 3.05) is 30.9 Å². The van der Waals surface area contributed by atoms with Crippen molar-refractivity contribution in [3.05, 3.63) is 59.7 Å². The van der Waals surface area contributed by atoms with Gasteiger partial charge >= 0.3 is 0 Å². The third-order valence-corrected chi connectivity index (χ3v) is 5.35. The largest absolute Gasteiger partial charge is 0.378 e. The molecule has 0 saturated heterocycles. The lowest BCUT2D eigenvalue weighted by Crippen LogP contribution is -2.08. The zero-order valence-corrected chi connectivity index (χ0v) is 16.5.